The first-order chi connectivity index (χ1) is 9.70. The van der Waals surface area contributed by atoms with E-state index < -0.39 is 6.04 Å². The Morgan fingerprint density at radius 2 is 1.75 bits per heavy atom. The van der Waals surface area contributed by atoms with E-state index >= 15 is 0 Å². The molecule has 4 nitrogen and oxygen atoms in total. The Morgan fingerprint density at radius 1 is 1.10 bits per heavy atom. The van der Waals surface area contributed by atoms with Crippen LogP contribution in [0.4, 0.5) is 5.69 Å². The van der Waals surface area contributed by atoms with Crippen molar-refractivity contribution in [2.24, 2.45) is 5.73 Å². The van der Waals surface area contributed by atoms with Crippen LogP contribution in [-0.2, 0) is 11.2 Å². The largest absolute Gasteiger partial charge is 0.396 e. The lowest BCUT2D eigenvalue weighted by Gasteiger charge is -2.12. The minimum atomic E-state index is -0.687. The van der Waals surface area contributed by atoms with Crippen molar-refractivity contribution in [1.82, 2.24) is 0 Å². The van der Waals surface area contributed by atoms with Crippen molar-refractivity contribution in [2.75, 3.05) is 11.9 Å². The fourth-order valence-electron chi connectivity index (χ4n) is 1.92. The number of aliphatic hydroxyl groups is 1. The zero-order valence-corrected chi connectivity index (χ0v) is 11.1. The molecule has 4 heteroatoms. The molecule has 0 fully saturated rings. The third kappa shape index (κ3) is 3.66. The van der Waals surface area contributed by atoms with Gasteiger partial charge in [0, 0.05) is 12.3 Å². The average molecular weight is 270 g/mol. The number of nitrogens with one attached hydrogen (secondary N) is 1. The van der Waals surface area contributed by atoms with Crippen LogP contribution >= 0.6 is 0 Å². The van der Waals surface area contributed by atoms with Crippen molar-refractivity contribution < 1.29 is 9.90 Å². The van der Waals surface area contributed by atoms with Crippen LogP contribution in [0.15, 0.2) is 54.6 Å². The van der Waals surface area contributed by atoms with Crippen molar-refractivity contribution in [3.63, 3.8) is 0 Å². The number of amides is 1. The van der Waals surface area contributed by atoms with E-state index in [9.17, 15) is 4.79 Å². The predicted octanol–water partition coefficient (Wildman–Crippen LogP) is 1.86. The SMILES string of the molecule is N[C@@H](C(=O)Nc1ccc(CCO)cc1)c1ccccc1. The van der Waals surface area contributed by atoms with E-state index in [1.54, 1.807) is 12.1 Å². The van der Waals surface area contributed by atoms with E-state index in [0.717, 1.165) is 11.1 Å². The van der Waals surface area contributed by atoms with Gasteiger partial charge in [0.1, 0.15) is 6.04 Å². The summed E-state index contributed by atoms with van der Waals surface area (Å²) < 4.78 is 0. The van der Waals surface area contributed by atoms with Gasteiger partial charge in [0.2, 0.25) is 5.91 Å². The summed E-state index contributed by atoms with van der Waals surface area (Å²) in [5, 5.41) is 11.6. The number of hydrogen-bond acceptors (Lipinski definition) is 3. The van der Waals surface area contributed by atoms with Gasteiger partial charge in [0.15, 0.2) is 0 Å². The van der Waals surface area contributed by atoms with Gasteiger partial charge in [-0.3, -0.25) is 4.79 Å². The Labute approximate surface area is 118 Å². The first-order valence-corrected chi connectivity index (χ1v) is 6.52. The van der Waals surface area contributed by atoms with Crippen LogP contribution in [0.5, 0.6) is 0 Å². The molecule has 0 saturated carbocycles. The van der Waals surface area contributed by atoms with Crippen LogP contribution in [0, 0.1) is 0 Å². The van der Waals surface area contributed by atoms with Crippen LogP contribution in [0.1, 0.15) is 17.2 Å². The lowest BCUT2D eigenvalue weighted by atomic mass is 10.1. The number of carbonyl (C=O) groups is 1. The van der Waals surface area contributed by atoms with E-state index in [0.29, 0.717) is 12.1 Å². The second kappa shape index (κ2) is 6.84. The lowest BCUT2D eigenvalue weighted by molar-refractivity contribution is -0.117. The molecular formula is C16H18N2O2. The number of anilines is 1. The maximum absolute atomic E-state index is 12.0. The van der Waals surface area contributed by atoms with Crippen molar-refractivity contribution in [3.8, 4) is 0 Å². The highest BCUT2D eigenvalue weighted by Crippen LogP contribution is 2.14. The number of carbonyl (C=O) groups excluding carboxylic acids is 1. The molecule has 2 aromatic carbocycles. The lowest BCUT2D eigenvalue weighted by Crippen LogP contribution is -2.27. The number of aliphatic hydroxyl groups excluding tert-OH is 1. The Hall–Kier alpha value is -2.17. The molecule has 0 heterocycles. The minimum Gasteiger partial charge on any atom is -0.396 e. The highest BCUT2D eigenvalue weighted by atomic mass is 16.2. The first-order valence-electron chi connectivity index (χ1n) is 6.52. The molecular weight excluding hydrogens is 252 g/mol. The molecule has 0 aliphatic heterocycles. The number of benzene rings is 2. The molecule has 0 bridgehead atoms. The summed E-state index contributed by atoms with van der Waals surface area (Å²) in [4.78, 5) is 12.0. The van der Waals surface area contributed by atoms with E-state index in [1.807, 2.05) is 42.5 Å². The van der Waals surface area contributed by atoms with Crippen LogP contribution in [0.2, 0.25) is 0 Å². The summed E-state index contributed by atoms with van der Waals surface area (Å²) in [6.07, 6.45) is 0.609. The van der Waals surface area contributed by atoms with Gasteiger partial charge in [0.25, 0.3) is 0 Å². The first kappa shape index (κ1) is 14.2. The number of hydrogen-bond donors (Lipinski definition) is 3. The van der Waals surface area contributed by atoms with Crippen LogP contribution in [0.25, 0.3) is 0 Å². The number of nitrogens with two attached hydrogens (primary N) is 1. The predicted molar refractivity (Wildman–Crippen MR) is 79.2 cm³/mol. The second-order valence-corrected chi connectivity index (χ2v) is 4.55. The van der Waals surface area contributed by atoms with Crippen molar-refractivity contribution in [2.45, 2.75) is 12.5 Å². The fourth-order valence-corrected chi connectivity index (χ4v) is 1.92. The summed E-state index contributed by atoms with van der Waals surface area (Å²) in [6, 6.07) is 15.9. The van der Waals surface area contributed by atoms with E-state index in [1.165, 1.54) is 0 Å². The molecule has 0 aliphatic carbocycles. The second-order valence-electron chi connectivity index (χ2n) is 4.55. The van der Waals surface area contributed by atoms with Gasteiger partial charge in [-0.05, 0) is 29.7 Å². The van der Waals surface area contributed by atoms with Crippen molar-refractivity contribution in [1.29, 1.82) is 0 Å². The highest BCUT2D eigenvalue weighted by Gasteiger charge is 2.15. The summed E-state index contributed by atoms with van der Waals surface area (Å²) >= 11 is 0. The molecule has 4 N–H and O–H groups in total. The molecule has 0 aliphatic rings. The molecule has 0 aromatic heterocycles. The van der Waals surface area contributed by atoms with E-state index in [4.69, 9.17) is 10.8 Å². The van der Waals surface area contributed by atoms with E-state index in [-0.39, 0.29) is 12.5 Å². The maximum atomic E-state index is 12.0. The smallest absolute Gasteiger partial charge is 0.245 e. The Kier molecular flexibility index (Phi) is 4.87. The number of rotatable bonds is 5. The summed E-state index contributed by atoms with van der Waals surface area (Å²) in [6.45, 7) is 0.116. The quantitative estimate of drug-likeness (QED) is 0.776. The molecule has 0 saturated heterocycles. The molecule has 0 unspecified atom stereocenters. The zero-order valence-electron chi connectivity index (χ0n) is 11.1. The molecule has 20 heavy (non-hydrogen) atoms. The molecule has 0 radical (unpaired) electrons. The van der Waals surface area contributed by atoms with Gasteiger partial charge in [-0.25, -0.2) is 0 Å². The third-order valence-electron chi connectivity index (χ3n) is 3.06. The zero-order chi connectivity index (χ0) is 14.4. The Bertz CT molecular complexity index is 552. The molecule has 0 spiro atoms. The Balaban J connectivity index is 2.00. The molecule has 2 aromatic rings. The average Bonchev–Trinajstić information content (AvgIpc) is 2.49. The van der Waals surface area contributed by atoms with Crippen LogP contribution < -0.4 is 11.1 Å². The van der Waals surface area contributed by atoms with Crippen LogP contribution in [0.3, 0.4) is 0 Å². The summed E-state index contributed by atoms with van der Waals surface area (Å²) in [5.41, 5.74) is 8.42. The van der Waals surface area contributed by atoms with Crippen LogP contribution in [-0.4, -0.2) is 17.6 Å². The summed E-state index contributed by atoms with van der Waals surface area (Å²) in [5.74, 6) is -0.244. The fraction of sp³-hybridized carbons (Fsp3) is 0.188. The van der Waals surface area contributed by atoms with Gasteiger partial charge in [-0.1, -0.05) is 42.5 Å². The molecule has 104 valence electrons. The molecule has 1 amide bonds. The molecule has 2 rings (SSSR count). The monoisotopic (exact) mass is 270 g/mol. The van der Waals surface area contributed by atoms with Gasteiger partial charge < -0.3 is 16.2 Å². The van der Waals surface area contributed by atoms with Crippen molar-refractivity contribution in [3.05, 3.63) is 65.7 Å². The van der Waals surface area contributed by atoms with Gasteiger partial charge in [-0.15, -0.1) is 0 Å². The maximum Gasteiger partial charge on any atom is 0.245 e. The normalized spacial score (nSPS) is 11.9. The topological polar surface area (TPSA) is 75.4 Å². The van der Waals surface area contributed by atoms with Gasteiger partial charge in [-0.2, -0.15) is 0 Å². The minimum absolute atomic E-state index is 0.116. The highest BCUT2D eigenvalue weighted by molar-refractivity contribution is 5.95. The third-order valence-corrected chi connectivity index (χ3v) is 3.06. The van der Waals surface area contributed by atoms with Gasteiger partial charge >= 0.3 is 0 Å². The van der Waals surface area contributed by atoms with E-state index in [2.05, 4.69) is 5.32 Å². The van der Waals surface area contributed by atoms with Gasteiger partial charge in [0.05, 0.1) is 0 Å². The molecule has 1 atom stereocenters. The Morgan fingerprint density at radius 3 is 2.35 bits per heavy atom. The summed E-state index contributed by atoms with van der Waals surface area (Å²) in [7, 11) is 0. The standard InChI is InChI=1S/C16H18N2O2/c17-15(13-4-2-1-3-5-13)16(20)18-14-8-6-12(7-9-14)10-11-19/h1-9,15,19H,10-11,17H2,(H,18,20)/t15-/m1/s1. The van der Waals surface area contributed by atoms with Crippen molar-refractivity contribution >= 4 is 11.6 Å².